The number of fused-ring (bicyclic) bond motifs is 1. The first-order valence-electron chi connectivity index (χ1n) is 18.9. The Labute approximate surface area is 387 Å². The van der Waals surface area contributed by atoms with Gasteiger partial charge in [0.1, 0.15) is 63.0 Å². The quantitative estimate of drug-likeness (QED) is 0.0226. The number of nitrogens with one attached hydrogen (secondary N) is 1. The average molecular weight is 1020 g/mol. The van der Waals surface area contributed by atoms with Gasteiger partial charge in [-0.1, -0.05) is 0 Å². The molecule has 0 radical (unpaired) electrons. The summed E-state index contributed by atoms with van der Waals surface area (Å²) in [5.41, 5.74) is -0.900. The van der Waals surface area contributed by atoms with E-state index in [9.17, 15) is 79.1 Å². The van der Waals surface area contributed by atoms with Crippen LogP contribution in [0.4, 0.5) is 34.1 Å². The number of carboxylic acid groups (broad SMARTS) is 2. The molecule has 364 valence electrons. The van der Waals surface area contributed by atoms with E-state index in [1.54, 1.807) is 0 Å². The number of rotatable bonds is 20. The lowest BCUT2D eigenvalue weighted by atomic mass is 10.1. The molecule has 0 aliphatic carbocycles. The van der Waals surface area contributed by atoms with Gasteiger partial charge in [-0.3, -0.25) is 13.7 Å². The van der Waals surface area contributed by atoms with Gasteiger partial charge in [0.05, 0.1) is 42.2 Å². The molecule has 0 fully saturated rings. The van der Waals surface area contributed by atoms with E-state index in [4.69, 9.17) is 14.2 Å². The SMILES string of the molecule is COc1ccc(N=Nc2cc(OCCO)c(N=Nc3c(S(=O)(=O)O)cc4cc(-n5nc(C(=O)O)c([NH2+]Nc6ccc(S(=O)(=O)O)cc6C(=O)O)c5O)ccc4c3O)cc2OCCO)c(S(=O)(=O)O)c1. The largest absolute Gasteiger partial charge is 0.505 e. The van der Waals surface area contributed by atoms with Crippen molar-refractivity contribution in [3.8, 4) is 34.6 Å². The number of aliphatic hydroxyl groups is 2. The molecule has 0 bridgehead atoms. The predicted octanol–water partition coefficient (Wildman–Crippen LogP) is 3.38. The van der Waals surface area contributed by atoms with Gasteiger partial charge in [0.15, 0.2) is 5.75 Å². The highest BCUT2D eigenvalue weighted by Crippen LogP contribution is 2.45. The number of ether oxygens (including phenoxy) is 3. The number of azo groups is 2. The molecule has 31 heteroatoms. The topological polar surface area (TPSA) is 442 Å². The third-order valence-corrected chi connectivity index (χ3v) is 11.9. The van der Waals surface area contributed by atoms with E-state index < -0.39 is 104 Å². The van der Waals surface area contributed by atoms with Crippen LogP contribution in [0.5, 0.6) is 28.9 Å². The summed E-state index contributed by atoms with van der Waals surface area (Å²) in [5.74, 6) is -5.53. The number of aliphatic hydroxyl groups excluding tert-OH is 2. The van der Waals surface area contributed by atoms with Crippen molar-refractivity contribution in [2.24, 2.45) is 20.5 Å². The van der Waals surface area contributed by atoms with E-state index in [-0.39, 0.29) is 69.7 Å². The molecule has 6 aromatic rings. The Morgan fingerprint density at radius 3 is 1.87 bits per heavy atom. The summed E-state index contributed by atoms with van der Waals surface area (Å²) in [7, 11) is -13.7. The number of aromatic hydroxyl groups is 2. The highest BCUT2D eigenvalue weighted by molar-refractivity contribution is 7.86. The molecule has 12 N–H and O–H groups in total. The lowest BCUT2D eigenvalue weighted by Crippen LogP contribution is -2.83. The Balaban J connectivity index is 1.41. The number of phenols is 1. The van der Waals surface area contributed by atoms with E-state index in [1.165, 1.54) is 31.4 Å². The first-order valence-corrected chi connectivity index (χ1v) is 23.2. The number of nitrogen functional groups attached to an aromatic ring is 1. The number of nitrogens with zero attached hydrogens (tertiary/aromatic N) is 6. The summed E-state index contributed by atoms with van der Waals surface area (Å²) in [5, 5.41) is 80.5. The van der Waals surface area contributed by atoms with Crippen molar-refractivity contribution in [3.63, 3.8) is 0 Å². The molecule has 0 aliphatic heterocycles. The Morgan fingerprint density at radius 1 is 0.710 bits per heavy atom. The van der Waals surface area contributed by atoms with Crippen molar-refractivity contribution >= 4 is 87.2 Å². The van der Waals surface area contributed by atoms with Crippen molar-refractivity contribution in [2.75, 3.05) is 39.0 Å². The Morgan fingerprint density at radius 2 is 1.32 bits per heavy atom. The van der Waals surface area contributed by atoms with Gasteiger partial charge in [0, 0.05) is 23.6 Å². The number of aromatic nitrogens is 2. The van der Waals surface area contributed by atoms with Gasteiger partial charge in [-0.2, -0.15) is 35.0 Å². The maximum Gasteiger partial charge on any atom is 0.362 e. The molecule has 0 spiro atoms. The fourth-order valence-corrected chi connectivity index (χ4v) is 7.95. The summed E-state index contributed by atoms with van der Waals surface area (Å²) in [6, 6.07) is 12.4. The van der Waals surface area contributed by atoms with Crippen molar-refractivity contribution in [1.29, 1.82) is 0 Å². The fourth-order valence-electron chi connectivity index (χ4n) is 6.15. The molecule has 5 aromatic carbocycles. The third-order valence-electron chi connectivity index (χ3n) is 9.25. The van der Waals surface area contributed by atoms with Crippen LogP contribution in [0.15, 0.2) is 108 Å². The van der Waals surface area contributed by atoms with Gasteiger partial charge >= 0.3 is 11.9 Å². The third kappa shape index (κ3) is 11.3. The number of aromatic carboxylic acids is 2. The number of carboxylic acids is 2. The summed E-state index contributed by atoms with van der Waals surface area (Å²) >= 11 is 0. The molecule has 0 saturated heterocycles. The zero-order valence-electron chi connectivity index (χ0n) is 34.8. The summed E-state index contributed by atoms with van der Waals surface area (Å²) in [6.45, 7) is -1.81. The molecular formula is C38H35N8O20S3+. The number of benzene rings is 5. The highest BCUT2D eigenvalue weighted by atomic mass is 32.2. The number of nitrogens with two attached hydrogens (primary N) is 1. The second-order valence-electron chi connectivity index (χ2n) is 13.7. The number of hydrogen-bond donors (Lipinski definition) is 11. The smallest absolute Gasteiger partial charge is 0.362 e. The first kappa shape index (κ1) is 50.5. The van der Waals surface area contributed by atoms with E-state index in [0.29, 0.717) is 10.7 Å². The van der Waals surface area contributed by atoms with Crippen molar-refractivity contribution in [1.82, 2.24) is 9.78 Å². The number of methoxy groups -OCH3 is 1. The van der Waals surface area contributed by atoms with Gasteiger partial charge in [-0.25, -0.2) is 20.4 Å². The standard InChI is InChI=1S/C38H34N8O20S3/c1-64-20-3-6-25(30(14-20)68(58,59)60)40-41-26-16-29(66-11-9-48)27(17-28(26)65-10-8-47)42-43-32-31(69(61,62)63)13-18-12-19(2-5-22(18)35(32)49)46-36(50)33(34(45-46)38(53)54)44-39-24-7-4-21(67(55,56)57)15-23(24)37(51)52/h2-7,12-17,39,44,47-50H,8-11H2,1H3,(H,51,52)(H,53,54)(H,55,56,57)(H,58,59,60)(H,61,62,63)/p+1. The molecule has 28 nitrogen and oxygen atoms in total. The molecule has 0 aliphatic rings. The van der Waals surface area contributed by atoms with Crippen LogP contribution in [0.25, 0.3) is 16.5 Å². The molecule has 1 heterocycles. The van der Waals surface area contributed by atoms with Gasteiger partial charge in [0.2, 0.25) is 5.69 Å². The van der Waals surface area contributed by atoms with Crippen LogP contribution in [-0.4, -0.2) is 125 Å². The highest BCUT2D eigenvalue weighted by Gasteiger charge is 2.30. The Kier molecular flexibility index (Phi) is 14.8. The zero-order chi connectivity index (χ0) is 50.6. The van der Waals surface area contributed by atoms with Gasteiger partial charge in [-0.05, 0) is 60.0 Å². The van der Waals surface area contributed by atoms with Crippen molar-refractivity contribution < 1.29 is 98.8 Å². The minimum atomic E-state index is -5.29. The van der Waals surface area contributed by atoms with E-state index in [1.807, 2.05) is 0 Å². The lowest BCUT2D eigenvalue weighted by molar-refractivity contribution is -0.539. The fraction of sp³-hybridized carbons (Fsp3) is 0.132. The molecule has 0 unspecified atom stereocenters. The van der Waals surface area contributed by atoms with Gasteiger partial charge in [-0.15, -0.1) is 20.5 Å². The van der Waals surface area contributed by atoms with Crippen LogP contribution in [0, 0.1) is 0 Å². The number of carbonyl (C=O) groups is 2. The minimum absolute atomic E-state index is 0.0575. The first-order chi connectivity index (χ1) is 32.5. The molecule has 0 amide bonds. The van der Waals surface area contributed by atoms with E-state index in [0.717, 1.165) is 47.9 Å². The molecular weight excluding hydrogens is 985 g/mol. The van der Waals surface area contributed by atoms with Gasteiger partial charge < -0.3 is 44.8 Å². The second kappa shape index (κ2) is 20.1. The van der Waals surface area contributed by atoms with E-state index >= 15 is 0 Å². The maximum absolute atomic E-state index is 12.8. The number of phenolic OH excluding ortho intramolecular Hbond substituents is 1. The van der Waals surface area contributed by atoms with Crippen molar-refractivity contribution in [3.05, 3.63) is 84.1 Å². The number of quaternary nitrogens is 1. The zero-order valence-corrected chi connectivity index (χ0v) is 37.2. The summed E-state index contributed by atoms with van der Waals surface area (Å²) in [4.78, 5) is 21.6. The van der Waals surface area contributed by atoms with E-state index in [2.05, 4.69) is 31.0 Å². The van der Waals surface area contributed by atoms with Crippen molar-refractivity contribution in [2.45, 2.75) is 14.7 Å². The normalized spacial score (nSPS) is 12.2. The summed E-state index contributed by atoms with van der Waals surface area (Å²) < 4.78 is 119. The molecule has 1 aromatic heterocycles. The van der Waals surface area contributed by atoms with Gasteiger partial charge in [0.25, 0.3) is 41.9 Å². The number of anilines is 1. The molecule has 0 atom stereocenters. The Bertz CT molecular complexity index is 3440. The monoisotopic (exact) mass is 1020 g/mol. The minimum Gasteiger partial charge on any atom is -0.505 e. The number of hydrogen-bond acceptors (Lipinski definition) is 21. The second-order valence-corrected chi connectivity index (χ2v) is 17.9. The summed E-state index contributed by atoms with van der Waals surface area (Å²) in [6.07, 6.45) is 0. The van der Waals surface area contributed by atoms with Crippen LogP contribution in [0.1, 0.15) is 20.8 Å². The molecule has 6 rings (SSSR count). The Hall–Kier alpha value is -7.88. The van der Waals surface area contributed by atoms with Crippen LogP contribution in [0.3, 0.4) is 0 Å². The molecule has 69 heavy (non-hydrogen) atoms. The lowest BCUT2D eigenvalue weighted by Gasteiger charge is -2.13. The maximum atomic E-state index is 12.8. The van der Waals surface area contributed by atoms with Crippen LogP contribution >= 0.6 is 0 Å². The van der Waals surface area contributed by atoms with Crippen LogP contribution < -0.4 is 25.1 Å². The average Bonchev–Trinajstić information content (AvgIpc) is 3.63. The predicted molar refractivity (Wildman–Crippen MR) is 232 cm³/mol. The molecule has 0 saturated carbocycles. The van der Waals surface area contributed by atoms with Crippen LogP contribution in [0.2, 0.25) is 0 Å². The van der Waals surface area contributed by atoms with Crippen LogP contribution in [-0.2, 0) is 30.4 Å².